The standard InChI is InChI=1S/C12H11BFNO3/c1-18-8-6-10(12(14)15-7-8)9-4-2-3-5-11(9)13(16)17/h2-7,16-17H,1H3. The minimum atomic E-state index is -1.67. The summed E-state index contributed by atoms with van der Waals surface area (Å²) in [6, 6.07) is 7.89. The highest BCUT2D eigenvalue weighted by Crippen LogP contribution is 2.24. The molecule has 0 radical (unpaired) electrons. The molecule has 0 spiro atoms. The third-order valence-electron chi connectivity index (χ3n) is 2.58. The van der Waals surface area contributed by atoms with Crippen LogP contribution in [0.2, 0.25) is 0 Å². The van der Waals surface area contributed by atoms with E-state index in [9.17, 15) is 14.4 Å². The highest BCUT2D eigenvalue weighted by atomic mass is 19.1. The summed E-state index contributed by atoms with van der Waals surface area (Å²) in [6.45, 7) is 0. The fourth-order valence-electron chi connectivity index (χ4n) is 1.70. The Hall–Kier alpha value is -1.92. The van der Waals surface area contributed by atoms with Crippen LogP contribution in [-0.4, -0.2) is 29.3 Å². The maximum Gasteiger partial charge on any atom is 0.489 e. The van der Waals surface area contributed by atoms with Crippen molar-refractivity contribution >= 4 is 12.6 Å². The molecule has 1 heterocycles. The van der Waals surface area contributed by atoms with Crippen LogP contribution < -0.4 is 10.2 Å². The van der Waals surface area contributed by atoms with E-state index < -0.39 is 13.1 Å². The number of methoxy groups -OCH3 is 1. The van der Waals surface area contributed by atoms with E-state index >= 15 is 0 Å². The molecule has 0 saturated heterocycles. The van der Waals surface area contributed by atoms with Crippen molar-refractivity contribution in [3.05, 3.63) is 42.5 Å². The molecule has 92 valence electrons. The molecular weight excluding hydrogens is 236 g/mol. The molecule has 0 saturated carbocycles. The van der Waals surface area contributed by atoms with Crippen molar-refractivity contribution in [2.75, 3.05) is 7.11 Å². The average Bonchev–Trinajstić information content (AvgIpc) is 2.39. The largest absolute Gasteiger partial charge is 0.495 e. The molecule has 0 fully saturated rings. The molecule has 18 heavy (non-hydrogen) atoms. The lowest BCUT2D eigenvalue weighted by Gasteiger charge is -2.10. The molecule has 0 aliphatic carbocycles. The molecule has 6 heteroatoms. The molecule has 1 aromatic heterocycles. The third-order valence-corrected chi connectivity index (χ3v) is 2.58. The molecule has 0 atom stereocenters. The van der Waals surface area contributed by atoms with E-state index in [4.69, 9.17) is 4.74 Å². The first-order chi connectivity index (χ1) is 8.63. The van der Waals surface area contributed by atoms with Gasteiger partial charge in [0.2, 0.25) is 5.95 Å². The number of halogens is 1. The van der Waals surface area contributed by atoms with E-state index in [1.54, 1.807) is 18.2 Å². The molecular formula is C12H11BFNO3. The van der Waals surface area contributed by atoms with Gasteiger partial charge in [-0.1, -0.05) is 24.3 Å². The van der Waals surface area contributed by atoms with Gasteiger partial charge in [-0.3, -0.25) is 0 Å². The topological polar surface area (TPSA) is 62.6 Å². The van der Waals surface area contributed by atoms with Crippen molar-refractivity contribution in [3.8, 4) is 16.9 Å². The molecule has 0 bridgehead atoms. The van der Waals surface area contributed by atoms with E-state index in [1.807, 2.05) is 0 Å². The lowest BCUT2D eigenvalue weighted by molar-refractivity contribution is 0.410. The lowest BCUT2D eigenvalue weighted by atomic mass is 9.75. The minimum Gasteiger partial charge on any atom is -0.495 e. The zero-order valence-corrected chi connectivity index (χ0v) is 9.67. The fourth-order valence-corrected chi connectivity index (χ4v) is 1.70. The van der Waals surface area contributed by atoms with Gasteiger partial charge in [0.15, 0.2) is 0 Å². The highest BCUT2D eigenvalue weighted by Gasteiger charge is 2.19. The summed E-state index contributed by atoms with van der Waals surface area (Å²) < 4.78 is 18.7. The van der Waals surface area contributed by atoms with Crippen LogP contribution >= 0.6 is 0 Å². The molecule has 1 aromatic carbocycles. The Morgan fingerprint density at radius 2 is 1.94 bits per heavy atom. The zero-order chi connectivity index (χ0) is 13.1. The van der Waals surface area contributed by atoms with Crippen molar-refractivity contribution in [1.82, 2.24) is 4.98 Å². The summed E-state index contributed by atoms with van der Waals surface area (Å²) in [4.78, 5) is 3.57. The smallest absolute Gasteiger partial charge is 0.489 e. The van der Waals surface area contributed by atoms with Crippen LogP contribution in [0.1, 0.15) is 0 Å². The van der Waals surface area contributed by atoms with Gasteiger partial charge in [-0.15, -0.1) is 0 Å². The Bertz CT molecular complexity index is 563. The van der Waals surface area contributed by atoms with E-state index in [0.717, 1.165) is 0 Å². The third kappa shape index (κ3) is 2.34. The van der Waals surface area contributed by atoms with E-state index in [0.29, 0.717) is 11.3 Å². The van der Waals surface area contributed by atoms with Crippen molar-refractivity contribution in [1.29, 1.82) is 0 Å². The van der Waals surface area contributed by atoms with Gasteiger partial charge < -0.3 is 14.8 Å². The predicted molar refractivity (Wildman–Crippen MR) is 66.0 cm³/mol. The first kappa shape index (κ1) is 12.5. The van der Waals surface area contributed by atoms with Crippen LogP contribution in [0.3, 0.4) is 0 Å². The first-order valence-electron chi connectivity index (χ1n) is 5.28. The molecule has 0 unspecified atom stereocenters. The second kappa shape index (κ2) is 5.16. The first-order valence-corrected chi connectivity index (χ1v) is 5.28. The molecule has 2 N–H and O–H groups in total. The minimum absolute atomic E-state index is 0.165. The highest BCUT2D eigenvalue weighted by molar-refractivity contribution is 6.60. The van der Waals surface area contributed by atoms with Crippen LogP contribution in [-0.2, 0) is 0 Å². The fraction of sp³-hybridized carbons (Fsp3) is 0.0833. The Labute approximate surface area is 104 Å². The Kier molecular flexibility index (Phi) is 3.59. The normalized spacial score (nSPS) is 10.2. The Morgan fingerprint density at radius 3 is 2.61 bits per heavy atom. The van der Waals surface area contributed by atoms with Gasteiger partial charge in [-0.25, -0.2) is 4.98 Å². The van der Waals surface area contributed by atoms with E-state index in [1.165, 1.54) is 25.4 Å². The average molecular weight is 247 g/mol. The van der Waals surface area contributed by atoms with Gasteiger partial charge in [-0.2, -0.15) is 4.39 Å². The lowest BCUT2D eigenvalue weighted by Crippen LogP contribution is -2.31. The van der Waals surface area contributed by atoms with Gasteiger partial charge in [0.25, 0.3) is 0 Å². The van der Waals surface area contributed by atoms with Gasteiger partial charge in [0, 0.05) is 5.56 Å². The Balaban J connectivity index is 2.61. The van der Waals surface area contributed by atoms with Gasteiger partial charge in [-0.05, 0) is 17.1 Å². The molecule has 2 rings (SSSR count). The molecule has 0 amide bonds. The zero-order valence-electron chi connectivity index (χ0n) is 9.67. The summed E-state index contributed by atoms with van der Waals surface area (Å²) in [5, 5.41) is 18.5. The van der Waals surface area contributed by atoms with Gasteiger partial charge in [0.1, 0.15) is 5.75 Å². The molecule has 4 nitrogen and oxygen atoms in total. The number of aromatic nitrogens is 1. The van der Waals surface area contributed by atoms with Crippen LogP contribution in [0.25, 0.3) is 11.1 Å². The van der Waals surface area contributed by atoms with E-state index in [2.05, 4.69) is 4.98 Å². The van der Waals surface area contributed by atoms with Crippen LogP contribution in [0, 0.1) is 5.95 Å². The van der Waals surface area contributed by atoms with Gasteiger partial charge >= 0.3 is 7.12 Å². The number of hydrogen-bond acceptors (Lipinski definition) is 4. The van der Waals surface area contributed by atoms with Crippen LogP contribution in [0.15, 0.2) is 36.5 Å². The van der Waals surface area contributed by atoms with Crippen molar-refractivity contribution in [3.63, 3.8) is 0 Å². The van der Waals surface area contributed by atoms with Crippen LogP contribution in [0.4, 0.5) is 4.39 Å². The maximum atomic E-state index is 13.7. The maximum absolute atomic E-state index is 13.7. The molecule has 2 aromatic rings. The monoisotopic (exact) mass is 247 g/mol. The summed E-state index contributed by atoms with van der Waals surface area (Å²) in [7, 11) is -0.224. The number of nitrogens with zero attached hydrogens (tertiary/aromatic N) is 1. The molecule has 0 aliphatic heterocycles. The summed E-state index contributed by atoms with van der Waals surface area (Å²) >= 11 is 0. The Morgan fingerprint density at radius 1 is 1.22 bits per heavy atom. The van der Waals surface area contributed by atoms with E-state index in [-0.39, 0.29) is 11.0 Å². The number of hydrogen-bond donors (Lipinski definition) is 2. The SMILES string of the molecule is COc1cnc(F)c(-c2ccccc2B(O)O)c1. The number of ether oxygens (including phenoxy) is 1. The predicted octanol–water partition coefficient (Wildman–Crippen LogP) is 0.576. The summed E-state index contributed by atoms with van der Waals surface area (Å²) in [6.07, 6.45) is 1.26. The summed E-state index contributed by atoms with van der Waals surface area (Å²) in [5.41, 5.74) is 0.751. The van der Waals surface area contributed by atoms with Crippen molar-refractivity contribution in [2.24, 2.45) is 0 Å². The quantitative estimate of drug-likeness (QED) is 0.615. The number of pyridine rings is 1. The van der Waals surface area contributed by atoms with Crippen molar-refractivity contribution in [2.45, 2.75) is 0 Å². The second-order valence-electron chi connectivity index (χ2n) is 3.67. The number of benzene rings is 1. The number of rotatable bonds is 3. The van der Waals surface area contributed by atoms with Gasteiger partial charge in [0.05, 0.1) is 13.3 Å². The summed E-state index contributed by atoms with van der Waals surface area (Å²) in [5.74, 6) is -0.294. The van der Waals surface area contributed by atoms with Crippen LogP contribution in [0.5, 0.6) is 5.75 Å². The van der Waals surface area contributed by atoms with Crippen molar-refractivity contribution < 1.29 is 19.2 Å². The second-order valence-corrected chi connectivity index (χ2v) is 3.67. The molecule has 0 aliphatic rings.